The molecule has 122 valence electrons. The fraction of sp³-hybridized carbons (Fsp3) is 0.647. The first-order chi connectivity index (χ1) is 10.4. The van der Waals surface area contributed by atoms with Gasteiger partial charge in [-0.3, -0.25) is 0 Å². The van der Waals surface area contributed by atoms with Crippen LogP contribution in [-0.4, -0.2) is 33.9 Å². The summed E-state index contributed by atoms with van der Waals surface area (Å²) >= 11 is 1.73. The van der Waals surface area contributed by atoms with Crippen LogP contribution in [0.4, 0.5) is 4.79 Å². The monoisotopic (exact) mass is 322 g/mol. The van der Waals surface area contributed by atoms with E-state index < -0.39 is 5.60 Å². The smallest absolute Gasteiger partial charge is 0.410 e. The first kappa shape index (κ1) is 17.1. The Balaban J connectivity index is 2.25. The van der Waals surface area contributed by atoms with Crippen LogP contribution in [0.25, 0.3) is 0 Å². The Morgan fingerprint density at radius 3 is 2.91 bits per heavy atom. The number of thioether (sulfide) groups is 1. The van der Waals surface area contributed by atoms with Gasteiger partial charge < -0.3 is 9.64 Å². The van der Waals surface area contributed by atoms with Crippen LogP contribution in [-0.2, 0) is 4.74 Å². The number of amides is 1. The molecule has 0 aromatic carbocycles. The van der Waals surface area contributed by atoms with Crippen molar-refractivity contribution in [1.82, 2.24) is 9.88 Å². The van der Waals surface area contributed by atoms with Crippen LogP contribution in [0.3, 0.4) is 0 Å². The number of carbonyl (C=O) groups excluding carboxylic acids is 1. The second-order valence-electron chi connectivity index (χ2n) is 6.52. The minimum Gasteiger partial charge on any atom is -0.444 e. The third-order valence-electron chi connectivity index (χ3n) is 3.57. The first-order valence-corrected chi connectivity index (χ1v) is 8.98. The average molecular weight is 322 g/mol. The largest absolute Gasteiger partial charge is 0.444 e. The number of nitrogens with zero attached hydrogens (tertiary/aromatic N) is 2. The van der Waals surface area contributed by atoms with Gasteiger partial charge in [-0.15, -0.1) is 11.8 Å². The maximum atomic E-state index is 12.5. The lowest BCUT2D eigenvalue weighted by molar-refractivity contribution is 0.00915. The molecule has 2 heterocycles. The van der Waals surface area contributed by atoms with E-state index in [1.165, 1.54) is 0 Å². The van der Waals surface area contributed by atoms with Crippen LogP contribution in [0.2, 0.25) is 0 Å². The lowest BCUT2D eigenvalue weighted by Gasteiger charge is -2.37. The van der Waals surface area contributed by atoms with Gasteiger partial charge in [0.1, 0.15) is 10.6 Å². The third-order valence-corrected chi connectivity index (χ3v) is 4.47. The van der Waals surface area contributed by atoms with E-state index in [1.54, 1.807) is 11.8 Å². The fourth-order valence-corrected chi connectivity index (χ4v) is 3.49. The highest BCUT2D eigenvalue weighted by atomic mass is 32.2. The Morgan fingerprint density at radius 1 is 1.45 bits per heavy atom. The topological polar surface area (TPSA) is 42.4 Å². The summed E-state index contributed by atoms with van der Waals surface area (Å²) in [4.78, 5) is 18.9. The van der Waals surface area contributed by atoms with Gasteiger partial charge in [0, 0.05) is 18.3 Å². The van der Waals surface area contributed by atoms with Crippen LogP contribution >= 0.6 is 11.8 Å². The number of ether oxygens (including phenoxy) is 1. The summed E-state index contributed by atoms with van der Waals surface area (Å²) in [6.45, 7) is 8.60. The van der Waals surface area contributed by atoms with Crippen molar-refractivity contribution in [3.05, 3.63) is 23.9 Å². The zero-order valence-corrected chi connectivity index (χ0v) is 14.8. The van der Waals surface area contributed by atoms with Crippen molar-refractivity contribution in [2.45, 2.75) is 63.6 Å². The molecule has 1 saturated heterocycles. The van der Waals surface area contributed by atoms with Crippen molar-refractivity contribution in [3.8, 4) is 0 Å². The van der Waals surface area contributed by atoms with Gasteiger partial charge in [-0.25, -0.2) is 9.78 Å². The molecule has 0 unspecified atom stereocenters. The van der Waals surface area contributed by atoms with Gasteiger partial charge >= 0.3 is 6.09 Å². The molecule has 1 amide bonds. The molecule has 0 aliphatic carbocycles. The van der Waals surface area contributed by atoms with Gasteiger partial charge in [0.05, 0.1) is 6.04 Å². The molecule has 22 heavy (non-hydrogen) atoms. The minimum atomic E-state index is -0.463. The molecule has 1 fully saturated rings. The maximum absolute atomic E-state index is 12.5. The number of pyridine rings is 1. The Morgan fingerprint density at radius 2 is 2.23 bits per heavy atom. The molecule has 0 radical (unpaired) electrons. The number of aromatic nitrogens is 1. The number of piperidine rings is 1. The van der Waals surface area contributed by atoms with E-state index in [0.29, 0.717) is 0 Å². The Bertz CT molecular complexity index is 514. The summed E-state index contributed by atoms with van der Waals surface area (Å²) in [5.74, 6) is 0.975. The van der Waals surface area contributed by atoms with E-state index >= 15 is 0 Å². The number of hydrogen-bond donors (Lipinski definition) is 0. The molecule has 0 bridgehead atoms. The van der Waals surface area contributed by atoms with E-state index in [0.717, 1.165) is 42.1 Å². The predicted octanol–water partition coefficient (Wildman–Crippen LogP) is 4.66. The summed E-state index contributed by atoms with van der Waals surface area (Å²) < 4.78 is 5.59. The van der Waals surface area contributed by atoms with E-state index in [2.05, 4.69) is 18.0 Å². The standard InChI is InChI=1S/C17H26N2O2S/c1-5-22-15-13(9-8-11-18-15)14-10-6-7-12-19(14)16(20)21-17(2,3)4/h8-9,11,14H,5-7,10,12H2,1-4H3/t14-/m1/s1. The summed E-state index contributed by atoms with van der Waals surface area (Å²) in [5.41, 5.74) is 0.689. The molecule has 2 rings (SSSR count). The second-order valence-corrected chi connectivity index (χ2v) is 7.77. The molecule has 1 aliphatic heterocycles. The van der Waals surface area contributed by atoms with Gasteiger partial charge in [0.25, 0.3) is 0 Å². The highest BCUT2D eigenvalue weighted by Gasteiger charge is 2.32. The van der Waals surface area contributed by atoms with Gasteiger partial charge in [-0.05, 0) is 51.9 Å². The fourth-order valence-electron chi connectivity index (χ4n) is 2.71. The maximum Gasteiger partial charge on any atom is 0.410 e. The lowest BCUT2D eigenvalue weighted by atomic mass is 9.97. The van der Waals surface area contributed by atoms with Crippen LogP contribution < -0.4 is 0 Å². The number of likely N-dealkylation sites (tertiary alicyclic amines) is 1. The highest BCUT2D eigenvalue weighted by Crippen LogP contribution is 2.36. The molecule has 5 heteroatoms. The van der Waals surface area contributed by atoms with Crippen molar-refractivity contribution in [3.63, 3.8) is 0 Å². The molecular weight excluding hydrogens is 296 g/mol. The van der Waals surface area contributed by atoms with Gasteiger partial charge in [0.15, 0.2) is 0 Å². The third kappa shape index (κ3) is 4.38. The van der Waals surface area contributed by atoms with Crippen molar-refractivity contribution >= 4 is 17.9 Å². The van der Waals surface area contributed by atoms with Crippen molar-refractivity contribution < 1.29 is 9.53 Å². The van der Waals surface area contributed by atoms with Gasteiger partial charge in [0.2, 0.25) is 0 Å². The number of rotatable bonds is 3. The summed E-state index contributed by atoms with van der Waals surface area (Å²) in [5, 5.41) is 1.03. The van der Waals surface area contributed by atoms with E-state index in [1.807, 2.05) is 37.9 Å². The lowest BCUT2D eigenvalue weighted by Crippen LogP contribution is -2.42. The predicted molar refractivity (Wildman–Crippen MR) is 90.2 cm³/mol. The van der Waals surface area contributed by atoms with E-state index in [9.17, 15) is 4.79 Å². The molecule has 0 N–H and O–H groups in total. The van der Waals surface area contributed by atoms with Crippen LogP contribution in [0.1, 0.15) is 58.6 Å². The molecule has 1 aromatic rings. The summed E-state index contributed by atoms with van der Waals surface area (Å²) in [7, 11) is 0. The Hall–Kier alpha value is -1.23. The number of carbonyl (C=O) groups is 1. The van der Waals surface area contributed by atoms with E-state index in [-0.39, 0.29) is 12.1 Å². The van der Waals surface area contributed by atoms with Crippen molar-refractivity contribution in [2.75, 3.05) is 12.3 Å². The quantitative estimate of drug-likeness (QED) is 0.759. The minimum absolute atomic E-state index is 0.0753. The zero-order valence-electron chi connectivity index (χ0n) is 14.0. The van der Waals surface area contributed by atoms with Crippen molar-refractivity contribution in [2.24, 2.45) is 0 Å². The Kier molecular flexibility index (Phi) is 5.73. The second kappa shape index (κ2) is 7.36. The molecule has 0 spiro atoms. The average Bonchev–Trinajstić information content (AvgIpc) is 2.46. The van der Waals surface area contributed by atoms with Crippen LogP contribution in [0.15, 0.2) is 23.4 Å². The normalized spacial score (nSPS) is 19.1. The summed E-state index contributed by atoms with van der Waals surface area (Å²) in [6, 6.07) is 4.13. The highest BCUT2D eigenvalue weighted by molar-refractivity contribution is 7.99. The number of hydrogen-bond acceptors (Lipinski definition) is 4. The molecular formula is C17H26N2O2S. The molecule has 0 saturated carbocycles. The molecule has 1 atom stereocenters. The Labute approximate surface area is 137 Å². The zero-order chi connectivity index (χ0) is 16.2. The van der Waals surface area contributed by atoms with Crippen LogP contribution in [0, 0.1) is 0 Å². The van der Waals surface area contributed by atoms with Crippen LogP contribution in [0.5, 0.6) is 0 Å². The first-order valence-electron chi connectivity index (χ1n) is 7.99. The van der Waals surface area contributed by atoms with Gasteiger partial charge in [-0.1, -0.05) is 13.0 Å². The molecule has 1 aliphatic rings. The molecule has 4 nitrogen and oxygen atoms in total. The molecule has 1 aromatic heterocycles. The van der Waals surface area contributed by atoms with Crippen molar-refractivity contribution in [1.29, 1.82) is 0 Å². The van der Waals surface area contributed by atoms with Gasteiger partial charge in [-0.2, -0.15) is 0 Å². The summed E-state index contributed by atoms with van der Waals surface area (Å²) in [6.07, 6.45) is 4.75. The van der Waals surface area contributed by atoms with E-state index in [4.69, 9.17) is 4.74 Å². The SMILES string of the molecule is CCSc1ncccc1[C@H]1CCCCN1C(=O)OC(C)(C)C.